The number of benzene rings is 1. The van der Waals surface area contributed by atoms with E-state index in [1.807, 2.05) is 48.9 Å². The summed E-state index contributed by atoms with van der Waals surface area (Å²) in [5.41, 5.74) is 3.37. The Bertz CT molecular complexity index is 1030. The summed E-state index contributed by atoms with van der Waals surface area (Å²) in [5.74, 6) is 0.652. The second kappa shape index (κ2) is 6.86. The predicted molar refractivity (Wildman–Crippen MR) is 100 cm³/mol. The van der Waals surface area contributed by atoms with Crippen molar-refractivity contribution < 1.29 is 4.79 Å². The molecular weight excluding hydrogens is 344 g/mol. The first-order chi connectivity index (χ1) is 13.0. The molecular formula is C19H22N6O2. The van der Waals surface area contributed by atoms with Gasteiger partial charge in [0, 0.05) is 30.3 Å². The number of nitrogens with zero attached hydrogens (tertiary/aromatic N) is 4. The van der Waals surface area contributed by atoms with Crippen molar-refractivity contribution in [3.63, 3.8) is 0 Å². The molecule has 1 unspecified atom stereocenters. The highest BCUT2D eigenvalue weighted by molar-refractivity contribution is 5.94. The van der Waals surface area contributed by atoms with Crippen molar-refractivity contribution in [2.45, 2.75) is 45.7 Å². The number of fused-ring (bicyclic) bond motifs is 1. The molecule has 0 fully saturated rings. The Morgan fingerprint density at radius 1 is 1.22 bits per heavy atom. The predicted octanol–water partition coefficient (Wildman–Crippen LogP) is 1.51. The van der Waals surface area contributed by atoms with E-state index >= 15 is 0 Å². The van der Waals surface area contributed by atoms with Gasteiger partial charge in [-0.05, 0) is 57.0 Å². The molecule has 0 radical (unpaired) electrons. The Morgan fingerprint density at radius 2 is 2.00 bits per heavy atom. The van der Waals surface area contributed by atoms with Crippen LogP contribution in [0.4, 0.5) is 0 Å². The Morgan fingerprint density at radius 3 is 2.70 bits per heavy atom. The van der Waals surface area contributed by atoms with Crippen molar-refractivity contribution in [3.05, 3.63) is 63.6 Å². The van der Waals surface area contributed by atoms with Crippen molar-refractivity contribution in [2.24, 2.45) is 0 Å². The number of carbonyl (C=O) groups excluding carboxylic acids is 1. The topological polar surface area (TPSA) is 97.6 Å². The van der Waals surface area contributed by atoms with Gasteiger partial charge in [-0.15, -0.1) is 0 Å². The van der Waals surface area contributed by atoms with E-state index in [1.54, 1.807) is 4.57 Å². The summed E-state index contributed by atoms with van der Waals surface area (Å²) in [6, 6.07) is 9.46. The molecule has 1 amide bonds. The molecule has 140 valence electrons. The number of aromatic nitrogens is 5. The minimum Gasteiger partial charge on any atom is -0.349 e. The Hall–Kier alpha value is -3.16. The molecule has 0 saturated heterocycles. The molecule has 0 saturated carbocycles. The highest BCUT2D eigenvalue weighted by Gasteiger charge is 2.20. The second-order valence-electron chi connectivity index (χ2n) is 6.98. The zero-order valence-corrected chi connectivity index (χ0v) is 15.4. The molecule has 3 heterocycles. The van der Waals surface area contributed by atoms with Crippen LogP contribution >= 0.6 is 0 Å². The normalized spacial score (nSPS) is 16.6. The number of aromatic amines is 1. The first-order valence-corrected chi connectivity index (χ1v) is 9.10. The maximum absolute atomic E-state index is 12.6. The number of rotatable bonds is 3. The van der Waals surface area contributed by atoms with Crippen LogP contribution in [0.1, 0.15) is 40.4 Å². The lowest BCUT2D eigenvalue weighted by molar-refractivity contribution is 0.0933. The fourth-order valence-electron chi connectivity index (χ4n) is 3.56. The van der Waals surface area contributed by atoms with Crippen molar-refractivity contribution in [1.82, 2.24) is 29.9 Å². The zero-order valence-electron chi connectivity index (χ0n) is 15.4. The lowest BCUT2D eigenvalue weighted by Crippen LogP contribution is -2.35. The lowest BCUT2D eigenvalue weighted by atomic mass is 10.1. The molecule has 1 atom stereocenters. The van der Waals surface area contributed by atoms with Gasteiger partial charge in [0.15, 0.2) is 0 Å². The maximum Gasteiger partial charge on any atom is 0.343 e. The molecule has 0 aliphatic carbocycles. The molecule has 8 heteroatoms. The van der Waals surface area contributed by atoms with Gasteiger partial charge in [-0.25, -0.2) is 14.6 Å². The van der Waals surface area contributed by atoms with Gasteiger partial charge >= 0.3 is 5.69 Å². The zero-order chi connectivity index (χ0) is 19.0. The van der Waals surface area contributed by atoms with Crippen LogP contribution in [0.3, 0.4) is 0 Å². The molecule has 3 aromatic rings. The van der Waals surface area contributed by atoms with Crippen molar-refractivity contribution >= 4 is 5.91 Å². The van der Waals surface area contributed by atoms with E-state index in [0.717, 1.165) is 29.3 Å². The van der Waals surface area contributed by atoms with E-state index in [9.17, 15) is 9.59 Å². The average Bonchev–Trinajstić information content (AvgIpc) is 3.10. The molecule has 8 nitrogen and oxygen atoms in total. The van der Waals surface area contributed by atoms with E-state index in [1.165, 1.54) is 0 Å². The van der Waals surface area contributed by atoms with E-state index in [0.29, 0.717) is 24.9 Å². The van der Waals surface area contributed by atoms with Gasteiger partial charge in [-0.2, -0.15) is 10.2 Å². The lowest BCUT2D eigenvalue weighted by Gasteiger charge is -2.16. The van der Waals surface area contributed by atoms with Crippen LogP contribution in [0.15, 0.2) is 35.1 Å². The van der Waals surface area contributed by atoms with Crippen LogP contribution in [0.2, 0.25) is 0 Å². The van der Waals surface area contributed by atoms with Crippen LogP contribution in [-0.4, -0.2) is 36.5 Å². The van der Waals surface area contributed by atoms with Gasteiger partial charge in [-0.3, -0.25) is 9.36 Å². The molecule has 0 bridgehead atoms. The summed E-state index contributed by atoms with van der Waals surface area (Å²) in [6.07, 6.45) is 2.14. The smallest absolute Gasteiger partial charge is 0.343 e. The van der Waals surface area contributed by atoms with Crippen LogP contribution in [0, 0.1) is 13.8 Å². The van der Waals surface area contributed by atoms with Crippen molar-refractivity contribution in [1.29, 1.82) is 0 Å². The summed E-state index contributed by atoms with van der Waals surface area (Å²) in [4.78, 5) is 24.3. The molecule has 1 aliphatic heterocycles. The van der Waals surface area contributed by atoms with E-state index in [-0.39, 0.29) is 17.6 Å². The van der Waals surface area contributed by atoms with Crippen molar-refractivity contribution in [3.8, 4) is 5.69 Å². The molecule has 2 aromatic heterocycles. The fourth-order valence-corrected chi connectivity index (χ4v) is 3.56. The standard InChI is InChI=1S/C19H22N6O2/c1-12-11-13(2)25(23-12)16-6-3-14(4-7-16)18(26)20-15-5-8-17-21-22-19(27)24(17)10-9-15/h3-4,6-7,11,15H,5,8-10H2,1-2H3,(H,20,26)(H,22,27). The van der Waals surface area contributed by atoms with Gasteiger partial charge in [0.05, 0.1) is 11.4 Å². The first kappa shape index (κ1) is 17.3. The fraction of sp³-hybridized carbons (Fsp3) is 0.368. The van der Waals surface area contributed by atoms with Gasteiger partial charge in [0.1, 0.15) is 5.82 Å². The number of hydrogen-bond donors (Lipinski definition) is 2. The minimum atomic E-state index is -0.184. The summed E-state index contributed by atoms with van der Waals surface area (Å²) < 4.78 is 3.51. The number of aryl methyl sites for hydroxylation is 3. The maximum atomic E-state index is 12.6. The average molecular weight is 366 g/mol. The number of carbonyl (C=O) groups is 1. The Balaban J connectivity index is 1.43. The molecule has 1 aliphatic rings. The summed E-state index contributed by atoms with van der Waals surface area (Å²) in [5, 5.41) is 14.1. The SMILES string of the molecule is Cc1cc(C)n(-c2ccc(C(=O)NC3CCc4n[nH]c(=O)n4CC3)cc2)n1. The van der Waals surface area contributed by atoms with Crippen LogP contribution < -0.4 is 11.0 Å². The summed E-state index contributed by atoms with van der Waals surface area (Å²) >= 11 is 0. The van der Waals surface area contributed by atoms with Crippen LogP contribution in [0.5, 0.6) is 0 Å². The minimum absolute atomic E-state index is 0.0225. The monoisotopic (exact) mass is 366 g/mol. The van der Waals surface area contributed by atoms with Crippen LogP contribution in [0.25, 0.3) is 5.69 Å². The van der Waals surface area contributed by atoms with Gasteiger partial charge < -0.3 is 5.32 Å². The number of nitrogens with one attached hydrogen (secondary N) is 2. The van der Waals surface area contributed by atoms with E-state index < -0.39 is 0 Å². The van der Waals surface area contributed by atoms with Crippen LogP contribution in [-0.2, 0) is 13.0 Å². The van der Waals surface area contributed by atoms with E-state index in [2.05, 4.69) is 20.6 Å². The van der Waals surface area contributed by atoms with Gasteiger partial charge in [0.25, 0.3) is 5.91 Å². The quantitative estimate of drug-likeness (QED) is 0.734. The van der Waals surface area contributed by atoms with E-state index in [4.69, 9.17) is 0 Å². The molecule has 1 aromatic carbocycles. The largest absolute Gasteiger partial charge is 0.349 e. The Kier molecular flexibility index (Phi) is 4.39. The first-order valence-electron chi connectivity index (χ1n) is 9.10. The summed E-state index contributed by atoms with van der Waals surface area (Å²) in [6.45, 7) is 4.52. The summed E-state index contributed by atoms with van der Waals surface area (Å²) in [7, 11) is 0. The molecule has 4 rings (SSSR count). The molecule has 0 spiro atoms. The number of H-pyrrole nitrogens is 1. The third-order valence-corrected chi connectivity index (χ3v) is 4.97. The molecule has 2 N–H and O–H groups in total. The highest BCUT2D eigenvalue weighted by atomic mass is 16.2. The highest BCUT2D eigenvalue weighted by Crippen LogP contribution is 2.15. The second-order valence-corrected chi connectivity index (χ2v) is 6.98. The van der Waals surface area contributed by atoms with Crippen molar-refractivity contribution in [2.75, 3.05) is 0 Å². The third kappa shape index (κ3) is 3.42. The van der Waals surface area contributed by atoms with Gasteiger partial charge in [-0.1, -0.05) is 0 Å². The third-order valence-electron chi connectivity index (χ3n) is 4.97. The number of amides is 1. The van der Waals surface area contributed by atoms with Gasteiger partial charge in [0.2, 0.25) is 0 Å². The molecule has 27 heavy (non-hydrogen) atoms. The Labute approximate surface area is 156 Å². The number of hydrogen-bond acceptors (Lipinski definition) is 4.